The molecule has 0 bridgehead atoms. The van der Waals surface area contributed by atoms with Crippen molar-refractivity contribution in [2.75, 3.05) is 25.1 Å². The molecule has 1 aliphatic heterocycles. The van der Waals surface area contributed by atoms with Crippen molar-refractivity contribution in [2.24, 2.45) is 7.05 Å². The van der Waals surface area contributed by atoms with Gasteiger partial charge in [0, 0.05) is 32.7 Å². The molecule has 1 saturated heterocycles. The van der Waals surface area contributed by atoms with Gasteiger partial charge in [-0.3, -0.25) is 4.68 Å². The molecule has 0 aromatic carbocycles. The van der Waals surface area contributed by atoms with E-state index in [-0.39, 0.29) is 11.5 Å². The molecule has 0 saturated carbocycles. The van der Waals surface area contributed by atoms with Gasteiger partial charge in [-0.05, 0) is 19.3 Å². The lowest BCUT2D eigenvalue weighted by Crippen LogP contribution is -2.34. The summed E-state index contributed by atoms with van der Waals surface area (Å²) in [7, 11) is 4.01. The fourth-order valence-electron chi connectivity index (χ4n) is 2.98. The molecule has 6 heteroatoms. The van der Waals surface area contributed by atoms with Crippen LogP contribution in [0.3, 0.4) is 0 Å². The lowest BCUT2D eigenvalue weighted by molar-refractivity contribution is 0.0215. The number of aryl methyl sites for hydroxylation is 1. The molecule has 23 heavy (non-hydrogen) atoms. The van der Waals surface area contributed by atoms with Gasteiger partial charge in [0.25, 0.3) is 0 Å². The Hall–Kier alpha value is -1.69. The summed E-state index contributed by atoms with van der Waals surface area (Å²) < 4.78 is 7.70. The molecule has 1 atom stereocenters. The fourth-order valence-corrected chi connectivity index (χ4v) is 2.98. The van der Waals surface area contributed by atoms with Crippen molar-refractivity contribution in [3.05, 3.63) is 12.0 Å². The minimum absolute atomic E-state index is 0.102. The molecule has 0 spiro atoms. The third kappa shape index (κ3) is 3.32. The maximum atomic E-state index is 5.88. The number of hydrogen-bond donors (Lipinski definition) is 0. The van der Waals surface area contributed by atoms with Crippen LogP contribution in [0.4, 0.5) is 5.82 Å². The predicted molar refractivity (Wildman–Crippen MR) is 91.9 cm³/mol. The molecule has 6 nitrogen and oxygen atoms in total. The van der Waals surface area contributed by atoms with Gasteiger partial charge < -0.3 is 9.64 Å². The van der Waals surface area contributed by atoms with Gasteiger partial charge in [0.2, 0.25) is 0 Å². The summed E-state index contributed by atoms with van der Waals surface area (Å²) in [6.45, 7) is 8.14. The van der Waals surface area contributed by atoms with E-state index in [9.17, 15) is 0 Å². The highest BCUT2D eigenvalue weighted by atomic mass is 16.5. The summed E-state index contributed by atoms with van der Waals surface area (Å²) in [5, 5.41) is 5.36. The van der Waals surface area contributed by atoms with E-state index in [1.165, 1.54) is 12.8 Å². The largest absolute Gasteiger partial charge is 0.376 e. The number of likely N-dealkylation sites (N-methyl/N-ethyl adjacent to an activating group) is 1. The van der Waals surface area contributed by atoms with Crippen LogP contribution in [0.5, 0.6) is 0 Å². The Morgan fingerprint density at radius 2 is 2.09 bits per heavy atom. The Balaban J connectivity index is 1.97. The second-order valence-corrected chi connectivity index (χ2v) is 7.50. The Morgan fingerprint density at radius 1 is 1.30 bits per heavy atom. The molecule has 2 aromatic rings. The summed E-state index contributed by atoms with van der Waals surface area (Å²) in [5.41, 5.74) is 0.784. The zero-order valence-electron chi connectivity index (χ0n) is 14.8. The third-order valence-electron chi connectivity index (χ3n) is 4.36. The zero-order chi connectivity index (χ0) is 16.6. The number of aromatic nitrogens is 4. The van der Waals surface area contributed by atoms with Gasteiger partial charge in [-0.2, -0.15) is 5.10 Å². The summed E-state index contributed by atoms with van der Waals surface area (Å²) in [4.78, 5) is 11.8. The highest BCUT2D eigenvalue weighted by Gasteiger charge is 2.24. The monoisotopic (exact) mass is 317 g/mol. The van der Waals surface area contributed by atoms with Crippen LogP contribution in [-0.2, 0) is 17.2 Å². The summed E-state index contributed by atoms with van der Waals surface area (Å²) in [5.74, 6) is 1.79. The van der Waals surface area contributed by atoms with Crippen LogP contribution in [0.25, 0.3) is 11.0 Å². The van der Waals surface area contributed by atoms with Crippen LogP contribution in [0.15, 0.2) is 6.20 Å². The fraction of sp³-hybridized carbons (Fsp3) is 0.706. The van der Waals surface area contributed by atoms with Gasteiger partial charge in [0.15, 0.2) is 5.65 Å². The SMILES string of the molecule is CN(CC1CCCCO1)c1nc(C(C)(C)C)nc2c1cnn2C. The highest BCUT2D eigenvalue weighted by molar-refractivity contribution is 5.87. The molecular weight excluding hydrogens is 290 g/mol. The molecule has 1 unspecified atom stereocenters. The van der Waals surface area contributed by atoms with Crippen molar-refractivity contribution in [1.29, 1.82) is 0 Å². The summed E-state index contributed by atoms with van der Waals surface area (Å²) >= 11 is 0. The van der Waals surface area contributed by atoms with Crippen molar-refractivity contribution in [3.8, 4) is 0 Å². The third-order valence-corrected chi connectivity index (χ3v) is 4.36. The van der Waals surface area contributed by atoms with Gasteiger partial charge in [-0.1, -0.05) is 20.8 Å². The maximum Gasteiger partial charge on any atom is 0.163 e. The van der Waals surface area contributed by atoms with Crippen LogP contribution in [0.1, 0.15) is 45.9 Å². The molecule has 3 heterocycles. The molecule has 0 N–H and O–H groups in total. The molecule has 0 aliphatic carbocycles. The summed E-state index contributed by atoms with van der Waals surface area (Å²) in [6, 6.07) is 0. The molecule has 3 rings (SSSR count). The first-order valence-corrected chi connectivity index (χ1v) is 8.39. The quantitative estimate of drug-likeness (QED) is 0.871. The van der Waals surface area contributed by atoms with Gasteiger partial charge in [0.1, 0.15) is 11.6 Å². The van der Waals surface area contributed by atoms with E-state index in [2.05, 4.69) is 37.8 Å². The van der Waals surface area contributed by atoms with Crippen LogP contribution in [-0.4, -0.2) is 46.1 Å². The number of rotatable bonds is 3. The standard InChI is InChI=1S/C17H27N5O/c1-17(2,3)16-19-14(13-10-18-22(5)15(13)20-16)21(4)11-12-8-6-7-9-23-12/h10,12H,6-9,11H2,1-5H3. The Morgan fingerprint density at radius 3 is 2.74 bits per heavy atom. The van der Waals surface area contributed by atoms with Gasteiger partial charge in [-0.25, -0.2) is 9.97 Å². The normalized spacial score (nSPS) is 19.3. The molecule has 0 amide bonds. The minimum atomic E-state index is -0.102. The lowest BCUT2D eigenvalue weighted by Gasteiger charge is -2.29. The van der Waals surface area contributed by atoms with Gasteiger partial charge in [-0.15, -0.1) is 0 Å². The number of fused-ring (bicyclic) bond motifs is 1. The average Bonchev–Trinajstić information content (AvgIpc) is 2.88. The van der Waals surface area contributed by atoms with Crippen molar-refractivity contribution in [1.82, 2.24) is 19.7 Å². The van der Waals surface area contributed by atoms with E-state index in [0.717, 1.165) is 42.2 Å². The molecule has 0 radical (unpaired) electrons. The first-order chi connectivity index (χ1) is 10.9. The molecular formula is C17H27N5O. The van der Waals surface area contributed by atoms with E-state index in [4.69, 9.17) is 14.7 Å². The Kier molecular flexibility index (Phi) is 4.27. The van der Waals surface area contributed by atoms with Gasteiger partial charge >= 0.3 is 0 Å². The number of nitrogens with zero attached hydrogens (tertiary/aromatic N) is 5. The smallest absolute Gasteiger partial charge is 0.163 e. The van der Waals surface area contributed by atoms with E-state index in [1.54, 1.807) is 0 Å². The molecule has 1 aliphatic rings. The van der Waals surface area contributed by atoms with E-state index in [0.29, 0.717) is 0 Å². The lowest BCUT2D eigenvalue weighted by atomic mass is 9.95. The first-order valence-electron chi connectivity index (χ1n) is 8.39. The maximum absolute atomic E-state index is 5.88. The Bertz CT molecular complexity index is 682. The molecule has 2 aromatic heterocycles. The number of ether oxygens (including phenoxy) is 1. The second-order valence-electron chi connectivity index (χ2n) is 7.50. The van der Waals surface area contributed by atoms with E-state index < -0.39 is 0 Å². The van der Waals surface area contributed by atoms with Crippen molar-refractivity contribution in [2.45, 2.75) is 51.6 Å². The van der Waals surface area contributed by atoms with Crippen molar-refractivity contribution in [3.63, 3.8) is 0 Å². The first kappa shape index (κ1) is 16.2. The highest BCUT2D eigenvalue weighted by Crippen LogP contribution is 2.28. The topological polar surface area (TPSA) is 56.1 Å². The number of hydrogen-bond acceptors (Lipinski definition) is 5. The van der Waals surface area contributed by atoms with Crippen LogP contribution in [0.2, 0.25) is 0 Å². The van der Waals surface area contributed by atoms with E-state index >= 15 is 0 Å². The van der Waals surface area contributed by atoms with Crippen LogP contribution in [0, 0.1) is 0 Å². The van der Waals surface area contributed by atoms with Crippen LogP contribution >= 0.6 is 0 Å². The molecule has 1 fully saturated rings. The van der Waals surface area contributed by atoms with Crippen LogP contribution < -0.4 is 4.90 Å². The predicted octanol–water partition coefficient (Wildman–Crippen LogP) is 2.67. The Labute approximate surface area is 137 Å². The average molecular weight is 317 g/mol. The summed E-state index contributed by atoms with van der Waals surface area (Å²) in [6.07, 6.45) is 5.69. The van der Waals surface area contributed by atoms with E-state index in [1.807, 2.05) is 17.9 Å². The minimum Gasteiger partial charge on any atom is -0.376 e. The van der Waals surface area contributed by atoms with Crippen molar-refractivity contribution >= 4 is 16.9 Å². The molecule has 126 valence electrons. The van der Waals surface area contributed by atoms with Crippen molar-refractivity contribution < 1.29 is 4.74 Å². The second kappa shape index (κ2) is 6.07. The number of anilines is 1. The zero-order valence-corrected chi connectivity index (χ0v) is 14.8. The van der Waals surface area contributed by atoms with Gasteiger partial charge in [0.05, 0.1) is 17.7 Å².